The Hall–Kier alpha value is -0.990. The first-order valence-electron chi connectivity index (χ1n) is 6.22. The molecule has 0 aromatic heterocycles. The predicted octanol–water partition coefficient (Wildman–Crippen LogP) is 5.42. The van der Waals surface area contributed by atoms with Gasteiger partial charge in [0, 0.05) is 9.85 Å². The molecule has 0 aliphatic rings. The van der Waals surface area contributed by atoms with Crippen LogP contribution in [0.2, 0.25) is 5.02 Å². The summed E-state index contributed by atoms with van der Waals surface area (Å²) in [5.74, 6) is 0.900. The van der Waals surface area contributed by atoms with Gasteiger partial charge in [-0.15, -0.1) is 0 Å². The van der Waals surface area contributed by atoms with Gasteiger partial charge in [-0.2, -0.15) is 0 Å². The number of hydrogen-bond donors (Lipinski definition) is 0. The lowest BCUT2D eigenvalue weighted by atomic mass is 10.0. The van der Waals surface area contributed by atoms with Crippen molar-refractivity contribution in [3.8, 4) is 5.75 Å². The Labute approximate surface area is 127 Å². The van der Waals surface area contributed by atoms with Crippen molar-refractivity contribution in [3.05, 3.63) is 64.7 Å². The molecule has 0 bridgehead atoms. The second-order valence-corrected chi connectivity index (χ2v) is 5.91. The van der Waals surface area contributed by atoms with Crippen molar-refractivity contribution in [2.24, 2.45) is 0 Å². The Morgan fingerprint density at radius 1 is 1.16 bits per heavy atom. The largest absolute Gasteiger partial charge is 0.496 e. The van der Waals surface area contributed by atoms with E-state index in [-0.39, 0.29) is 0 Å². The molecule has 0 aliphatic heterocycles. The Kier molecular flexibility index (Phi) is 5.29. The molecule has 1 unspecified atom stereocenters. The van der Waals surface area contributed by atoms with Crippen molar-refractivity contribution in [2.75, 3.05) is 7.11 Å². The first-order valence-corrected chi connectivity index (χ1v) is 7.51. The van der Waals surface area contributed by atoms with Crippen LogP contribution in [-0.2, 0) is 6.42 Å². The quantitative estimate of drug-likeness (QED) is 0.661. The Morgan fingerprint density at radius 2 is 1.89 bits per heavy atom. The van der Waals surface area contributed by atoms with Crippen molar-refractivity contribution in [1.82, 2.24) is 0 Å². The van der Waals surface area contributed by atoms with Gasteiger partial charge in [0.2, 0.25) is 0 Å². The van der Waals surface area contributed by atoms with Gasteiger partial charge >= 0.3 is 0 Å². The highest BCUT2D eigenvalue weighted by atomic mass is 79.9. The number of halogens is 2. The third-order valence-electron chi connectivity index (χ3n) is 3.07. The van der Waals surface area contributed by atoms with E-state index in [1.807, 2.05) is 24.3 Å². The van der Waals surface area contributed by atoms with Gasteiger partial charge in [-0.1, -0.05) is 57.9 Å². The van der Waals surface area contributed by atoms with Crippen molar-refractivity contribution in [3.63, 3.8) is 0 Å². The topological polar surface area (TPSA) is 9.23 Å². The van der Waals surface area contributed by atoms with E-state index >= 15 is 0 Å². The van der Waals surface area contributed by atoms with Crippen LogP contribution < -0.4 is 4.74 Å². The van der Waals surface area contributed by atoms with Crippen LogP contribution in [0, 0.1) is 0 Å². The van der Waals surface area contributed by atoms with Gasteiger partial charge in [0.05, 0.1) is 7.11 Å². The summed E-state index contributed by atoms with van der Waals surface area (Å²) >= 11 is 9.77. The first kappa shape index (κ1) is 14.4. The molecule has 0 N–H and O–H groups in total. The molecule has 0 heterocycles. The van der Waals surface area contributed by atoms with E-state index in [0.717, 1.165) is 29.2 Å². The minimum Gasteiger partial charge on any atom is -0.496 e. The van der Waals surface area contributed by atoms with Crippen molar-refractivity contribution < 1.29 is 4.74 Å². The summed E-state index contributed by atoms with van der Waals surface area (Å²) in [6, 6.07) is 16.2. The van der Waals surface area contributed by atoms with E-state index in [4.69, 9.17) is 16.3 Å². The van der Waals surface area contributed by atoms with Crippen LogP contribution >= 0.6 is 27.5 Å². The highest BCUT2D eigenvalue weighted by Gasteiger charge is 2.10. The predicted molar refractivity (Wildman–Crippen MR) is 84.4 cm³/mol. The normalized spacial score (nSPS) is 12.2. The second-order valence-electron chi connectivity index (χ2n) is 4.37. The summed E-state index contributed by atoms with van der Waals surface area (Å²) in [7, 11) is 1.69. The molecule has 1 atom stereocenters. The molecule has 0 saturated carbocycles. The minimum absolute atomic E-state index is 0.345. The standard InChI is InChI=1S/C16H16BrClO/c1-19-16-10-8-14(18)11-13(16)7-9-15(17)12-5-3-2-4-6-12/h2-6,8,10-11,15H,7,9H2,1H3. The summed E-state index contributed by atoms with van der Waals surface area (Å²) in [5, 5.41) is 0.752. The molecular weight excluding hydrogens is 324 g/mol. The zero-order valence-electron chi connectivity index (χ0n) is 10.8. The molecule has 0 amide bonds. The maximum absolute atomic E-state index is 6.04. The zero-order chi connectivity index (χ0) is 13.7. The summed E-state index contributed by atoms with van der Waals surface area (Å²) < 4.78 is 5.36. The van der Waals surface area contributed by atoms with Gasteiger partial charge in [0.25, 0.3) is 0 Å². The second kappa shape index (κ2) is 6.97. The third-order valence-corrected chi connectivity index (χ3v) is 4.29. The van der Waals surface area contributed by atoms with Crippen LogP contribution in [0.1, 0.15) is 22.4 Å². The van der Waals surface area contributed by atoms with Crippen LogP contribution in [0.4, 0.5) is 0 Å². The fourth-order valence-electron chi connectivity index (χ4n) is 2.05. The lowest BCUT2D eigenvalue weighted by Crippen LogP contribution is -1.96. The fourth-order valence-corrected chi connectivity index (χ4v) is 2.78. The maximum Gasteiger partial charge on any atom is 0.122 e. The van der Waals surface area contributed by atoms with Crippen molar-refractivity contribution in [2.45, 2.75) is 17.7 Å². The van der Waals surface area contributed by atoms with Gasteiger partial charge in [-0.25, -0.2) is 0 Å². The lowest BCUT2D eigenvalue weighted by molar-refractivity contribution is 0.409. The highest BCUT2D eigenvalue weighted by Crippen LogP contribution is 2.30. The number of ether oxygens (including phenoxy) is 1. The molecule has 2 aromatic rings. The molecule has 1 nitrogen and oxygen atoms in total. The van der Waals surface area contributed by atoms with E-state index in [0.29, 0.717) is 4.83 Å². The van der Waals surface area contributed by atoms with Crippen LogP contribution in [0.25, 0.3) is 0 Å². The SMILES string of the molecule is COc1ccc(Cl)cc1CCC(Br)c1ccccc1. The maximum atomic E-state index is 6.04. The number of alkyl halides is 1. The summed E-state index contributed by atoms with van der Waals surface area (Å²) in [4.78, 5) is 0.345. The highest BCUT2D eigenvalue weighted by molar-refractivity contribution is 9.09. The Bertz CT molecular complexity index is 528. The third kappa shape index (κ3) is 3.99. The van der Waals surface area contributed by atoms with E-state index in [9.17, 15) is 0 Å². The number of aryl methyl sites for hydroxylation is 1. The van der Waals surface area contributed by atoms with Crippen LogP contribution in [-0.4, -0.2) is 7.11 Å². The van der Waals surface area contributed by atoms with Crippen LogP contribution in [0.5, 0.6) is 5.75 Å². The summed E-state index contributed by atoms with van der Waals surface area (Å²) in [5.41, 5.74) is 2.44. The average Bonchev–Trinajstić information content (AvgIpc) is 2.46. The minimum atomic E-state index is 0.345. The Balaban J connectivity index is 2.04. The molecule has 3 heteroatoms. The number of benzene rings is 2. The van der Waals surface area contributed by atoms with Gasteiger partial charge in [0.1, 0.15) is 5.75 Å². The molecule has 19 heavy (non-hydrogen) atoms. The van der Waals surface area contributed by atoms with Gasteiger partial charge < -0.3 is 4.74 Å². The van der Waals surface area contributed by atoms with E-state index in [1.54, 1.807) is 7.11 Å². The Morgan fingerprint density at radius 3 is 2.58 bits per heavy atom. The smallest absolute Gasteiger partial charge is 0.122 e. The number of hydrogen-bond acceptors (Lipinski definition) is 1. The van der Waals surface area contributed by atoms with Crippen molar-refractivity contribution in [1.29, 1.82) is 0 Å². The van der Waals surface area contributed by atoms with Gasteiger partial charge in [-0.05, 0) is 42.2 Å². The molecule has 2 aromatic carbocycles. The molecule has 2 rings (SSSR count). The fraction of sp³-hybridized carbons (Fsp3) is 0.250. The van der Waals surface area contributed by atoms with E-state index in [2.05, 4.69) is 40.2 Å². The molecule has 0 fully saturated rings. The molecule has 0 radical (unpaired) electrons. The van der Waals surface area contributed by atoms with Crippen LogP contribution in [0.15, 0.2) is 48.5 Å². The van der Waals surface area contributed by atoms with Crippen molar-refractivity contribution >= 4 is 27.5 Å². The average molecular weight is 340 g/mol. The number of rotatable bonds is 5. The zero-order valence-corrected chi connectivity index (χ0v) is 13.1. The monoisotopic (exact) mass is 338 g/mol. The molecule has 100 valence electrons. The molecule has 0 aliphatic carbocycles. The van der Waals surface area contributed by atoms with E-state index in [1.165, 1.54) is 5.56 Å². The molecular formula is C16H16BrClO. The molecule has 0 saturated heterocycles. The number of methoxy groups -OCH3 is 1. The summed E-state index contributed by atoms with van der Waals surface area (Å²) in [6.45, 7) is 0. The summed E-state index contributed by atoms with van der Waals surface area (Å²) in [6.07, 6.45) is 1.93. The lowest BCUT2D eigenvalue weighted by Gasteiger charge is -2.12. The molecule has 0 spiro atoms. The van der Waals surface area contributed by atoms with Gasteiger partial charge in [-0.3, -0.25) is 0 Å². The van der Waals surface area contributed by atoms with E-state index < -0.39 is 0 Å². The van der Waals surface area contributed by atoms with Gasteiger partial charge in [0.15, 0.2) is 0 Å². The van der Waals surface area contributed by atoms with Crippen LogP contribution in [0.3, 0.4) is 0 Å². The first-order chi connectivity index (χ1) is 9.20.